The van der Waals surface area contributed by atoms with Gasteiger partial charge in [-0.05, 0) is 65.4 Å². The summed E-state index contributed by atoms with van der Waals surface area (Å²) in [6, 6.07) is 4.14. The lowest BCUT2D eigenvalue weighted by Crippen LogP contribution is -2.18. The maximum atomic E-state index is 5.63. The molecule has 1 aromatic carbocycles. The molecule has 4 nitrogen and oxygen atoms in total. The molecule has 116 valence electrons. The van der Waals surface area contributed by atoms with E-state index in [1.807, 2.05) is 0 Å². The van der Waals surface area contributed by atoms with Gasteiger partial charge in [-0.15, -0.1) is 0 Å². The fourth-order valence-electron chi connectivity index (χ4n) is 2.33. The Balaban J connectivity index is 1.37. The number of benzene rings is 1. The molecule has 0 bridgehead atoms. The number of halogens is 1. The topological polar surface area (TPSA) is 39.7 Å². The summed E-state index contributed by atoms with van der Waals surface area (Å²) in [5.74, 6) is 2.51. The molecule has 0 amide bonds. The van der Waals surface area contributed by atoms with E-state index in [1.165, 1.54) is 18.4 Å². The van der Waals surface area contributed by atoms with Crippen molar-refractivity contribution < 1.29 is 14.2 Å². The van der Waals surface area contributed by atoms with Crippen LogP contribution in [-0.2, 0) is 11.3 Å². The normalized spacial score (nSPS) is 17.0. The fraction of sp³-hybridized carbons (Fsp3) is 0.625. The summed E-state index contributed by atoms with van der Waals surface area (Å²) < 4.78 is 17.8. The smallest absolute Gasteiger partial charge is 0.175 e. The van der Waals surface area contributed by atoms with E-state index in [0.29, 0.717) is 13.2 Å². The van der Waals surface area contributed by atoms with Gasteiger partial charge in [0.25, 0.3) is 0 Å². The molecule has 1 aromatic rings. The first-order valence-corrected chi connectivity index (χ1v) is 8.49. The van der Waals surface area contributed by atoms with Crippen molar-refractivity contribution in [1.29, 1.82) is 0 Å². The minimum absolute atomic E-state index is 0.615. The second-order valence-corrected chi connectivity index (χ2v) is 6.50. The average Bonchev–Trinajstić information content (AvgIpc) is 3.30. The number of hydrogen-bond donors (Lipinski definition) is 1. The van der Waals surface area contributed by atoms with Gasteiger partial charge in [0.2, 0.25) is 0 Å². The monoisotopic (exact) mass is 355 g/mol. The molecular weight excluding hydrogens is 334 g/mol. The van der Waals surface area contributed by atoms with Gasteiger partial charge in [0.15, 0.2) is 11.5 Å². The zero-order valence-electron chi connectivity index (χ0n) is 12.2. The molecule has 0 spiro atoms. The molecule has 0 radical (unpaired) electrons. The van der Waals surface area contributed by atoms with Gasteiger partial charge in [0.1, 0.15) is 13.2 Å². The van der Waals surface area contributed by atoms with E-state index in [0.717, 1.165) is 54.6 Å². The average molecular weight is 356 g/mol. The number of rotatable bonds is 8. The molecule has 0 unspecified atom stereocenters. The lowest BCUT2D eigenvalue weighted by Gasteiger charge is -2.20. The molecule has 0 aromatic heterocycles. The van der Waals surface area contributed by atoms with E-state index in [2.05, 4.69) is 33.4 Å². The Morgan fingerprint density at radius 3 is 2.95 bits per heavy atom. The fourth-order valence-corrected chi connectivity index (χ4v) is 2.94. The van der Waals surface area contributed by atoms with E-state index in [4.69, 9.17) is 14.2 Å². The van der Waals surface area contributed by atoms with Crippen LogP contribution in [0.15, 0.2) is 16.6 Å². The van der Waals surface area contributed by atoms with Gasteiger partial charge in [0.05, 0.1) is 4.47 Å². The zero-order chi connectivity index (χ0) is 14.5. The second-order valence-electron chi connectivity index (χ2n) is 5.65. The highest BCUT2D eigenvalue weighted by Crippen LogP contribution is 2.38. The van der Waals surface area contributed by atoms with Crippen molar-refractivity contribution in [3.8, 4) is 11.5 Å². The Labute approximate surface area is 134 Å². The lowest BCUT2D eigenvalue weighted by atomic mass is 10.2. The van der Waals surface area contributed by atoms with Crippen LogP contribution >= 0.6 is 15.9 Å². The second kappa shape index (κ2) is 7.47. The van der Waals surface area contributed by atoms with Crippen LogP contribution in [0.1, 0.15) is 24.8 Å². The van der Waals surface area contributed by atoms with Crippen LogP contribution in [0.25, 0.3) is 0 Å². The van der Waals surface area contributed by atoms with Crippen molar-refractivity contribution >= 4 is 15.9 Å². The van der Waals surface area contributed by atoms with Crippen LogP contribution in [0, 0.1) is 5.92 Å². The molecule has 5 heteroatoms. The summed E-state index contributed by atoms with van der Waals surface area (Å²) in [7, 11) is 0. The number of nitrogens with one attached hydrogen (secondary N) is 1. The number of ether oxygens (including phenoxy) is 3. The zero-order valence-corrected chi connectivity index (χ0v) is 13.8. The largest absolute Gasteiger partial charge is 0.486 e. The van der Waals surface area contributed by atoms with E-state index in [-0.39, 0.29) is 0 Å². The first-order chi connectivity index (χ1) is 10.3. The van der Waals surface area contributed by atoms with Crippen molar-refractivity contribution in [3.05, 3.63) is 22.2 Å². The highest BCUT2D eigenvalue weighted by atomic mass is 79.9. The van der Waals surface area contributed by atoms with Crippen LogP contribution in [0.4, 0.5) is 0 Å². The quantitative estimate of drug-likeness (QED) is 0.727. The third-order valence-corrected chi connectivity index (χ3v) is 4.27. The number of hydrogen-bond acceptors (Lipinski definition) is 4. The van der Waals surface area contributed by atoms with Crippen LogP contribution < -0.4 is 14.8 Å². The molecule has 1 heterocycles. The molecule has 0 atom stereocenters. The van der Waals surface area contributed by atoms with Gasteiger partial charge in [-0.25, -0.2) is 0 Å². The van der Waals surface area contributed by atoms with Gasteiger partial charge in [-0.2, -0.15) is 0 Å². The Hall–Kier alpha value is -0.780. The first-order valence-electron chi connectivity index (χ1n) is 7.69. The van der Waals surface area contributed by atoms with Crippen molar-refractivity contribution in [2.24, 2.45) is 5.92 Å². The molecule has 0 saturated heterocycles. The van der Waals surface area contributed by atoms with Gasteiger partial charge >= 0.3 is 0 Å². The van der Waals surface area contributed by atoms with Crippen LogP contribution in [0.5, 0.6) is 11.5 Å². The van der Waals surface area contributed by atoms with E-state index in [9.17, 15) is 0 Å². The molecular formula is C16H22BrNO3. The molecule has 2 aliphatic rings. The van der Waals surface area contributed by atoms with Crippen molar-refractivity contribution in [3.63, 3.8) is 0 Å². The molecule has 1 fully saturated rings. The first kappa shape index (κ1) is 15.1. The summed E-state index contributed by atoms with van der Waals surface area (Å²) >= 11 is 3.54. The summed E-state index contributed by atoms with van der Waals surface area (Å²) in [5.41, 5.74) is 1.20. The standard InChI is InChI=1S/C16H22BrNO3/c17-14-8-13(9-15-16(14)21-7-6-20-15)10-18-4-1-5-19-11-12-2-3-12/h8-9,12,18H,1-7,10-11H2. The molecule has 3 rings (SSSR count). The molecule has 21 heavy (non-hydrogen) atoms. The van der Waals surface area contributed by atoms with Crippen molar-refractivity contribution in [2.45, 2.75) is 25.8 Å². The summed E-state index contributed by atoms with van der Waals surface area (Å²) in [6.45, 7) is 4.84. The van der Waals surface area contributed by atoms with Gasteiger partial charge in [-0.1, -0.05) is 0 Å². The predicted octanol–water partition coefficient (Wildman–Crippen LogP) is 3.13. The van der Waals surface area contributed by atoms with E-state index < -0.39 is 0 Å². The molecule has 1 N–H and O–H groups in total. The number of fused-ring (bicyclic) bond motifs is 1. The Bertz CT molecular complexity index is 477. The Morgan fingerprint density at radius 1 is 1.24 bits per heavy atom. The van der Waals surface area contributed by atoms with Gasteiger partial charge in [-0.3, -0.25) is 0 Å². The summed E-state index contributed by atoms with van der Waals surface area (Å²) in [5, 5.41) is 3.44. The third kappa shape index (κ3) is 4.59. The molecule has 1 aliphatic carbocycles. The highest BCUT2D eigenvalue weighted by molar-refractivity contribution is 9.10. The molecule has 1 saturated carbocycles. The maximum absolute atomic E-state index is 5.63. The van der Waals surface area contributed by atoms with Crippen LogP contribution in [-0.4, -0.2) is 33.0 Å². The Morgan fingerprint density at radius 2 is 2.10 bits per heavy atom. The SMILES string of the molecule is Brc1cc(CNCCCOCC2CC2)cc2c1OCCO2. The Kier molecular flexibility index (Phi) is 5.38. The van der Waals surface area contributed by atoms with E-state index in [1.54, 1.807) is 0 Å². The van der Waals surface area contributed by atoms with Crippen molar-refractivity contribution in [1.82, 2.24) is 5.32 Å². The van der Waals surface area contributed by atoms with Crippen LogP contribution in [0.2, 0.25) is 0 Å². The maximum Gasteiger partial charge on any atom is 0.175 e. The summed E-state index contributed by atoms with van der Waals surface area (Å²) in [4.78, 5) is 0. The minimum atomic E-state index is 0.615. The highest BCUT2D eigenvalue weighted by Gasteiger charge is 2.20. The van der Waals surface area contributed by atoms with Crippen molar-refractivity contribution in [2.75, 3.05) is 33.0 Å². The van der Waals surface area contributed by atoms with Gasteiger partial charge < -0.3 is 19.5 Å². The van der Waals surface area contributed by atoms with E-state index >= 15 is 0 Å². The molecule has 1 aliphatic heterocycles. The third-order valence-electron chi connectivity index (χ3n) is 3.68. The minimum Gasteiger partial charge on any atom is -0.486 e. The van der Waals surface area contributed by atoms with Crippen LogP contribution in [0.3, 0.4) is 0 Å². The predicted molar refractivity (Wildman–Crippen MR) is 85.0 cm³/mol. The lowest BCUT2D eigenvalue weighted by molar-refractivity contribution is 0.122. The van der Waals surface area contributed by atoms with Gasteiger partial charge in [0, 0.05) is 19.8 Å². The summed E-state index contributed by atoms with van der Waals surface area (Å²) in [6.07, 6.45) is 3.77.